The molecule has 0 spiro atoms. The molecule has 0 aliphatic rings. The Balaban J connectivity index is 2.15. The molecule has 0 saturated carbocycles. The smallest absolute Gasteiger partial charge is 0.406 e. The van der Waals surface area contributed by atoms with Crippen molar-refractivity contribution in [3.63, 3.8) is 0 Å². The molecule has 0 amide bonds. The second-order valence-electron chi connectivity index (χ2n) is 4.69. The number of aromatic nitrogens is 1. The largest absolute Gasteiger partial charge is 0.573 e. The van der Waals surface area contributed by atoms with Gasteiger partial charge in [-0.05, 0) is 35.9 Å². The maximum absolute atomic E-state index is 12.1. The summed E-state index contributed by atoms with van der Waals surface area (Å²) in [6.45, 7) is 0. The van der Waals surface area contributed by atoms with Crippen molar-refractivity contribution < 1.29 is 26.3 Å². The molecule has 1 heterocycles. The van der Waals surface area contributed by atoms with Crippen LogP contribution < -0.4 is 4.74 Å². The molecule has 0 unspecified atom stereocenters. The monoisotopic (exact) mass is 331 g/mol. The van der Waals surface area contributed by atoms with E-state index in [1.165, 1.54) is 30.5 Å². The maximum Gasteiger partial charge on any atom is 0.573 e. The zero-order chi connectivity index (χ0) is 16.4. The van der Waals surface area contributed by atoms with Crippen molar-refractivity contribution in [2.24, 2.45) is 0 Å². The van der Waals surface area contributed by atoms with Crippen molar-refractivity contribution in [1.29, 1.82) is 0 Å². The normalized spacial score (nSPS) is 12.2. The van der Waals surface area contributed by atoms with Crippen molar-refractivity contribution in [3.05, 3.63) is 48.2 Å². The van der Waals surface area contributed by atoms with Crippen LogP contribution in [0.25, 0.3) is 11.3 Å². The van der Waals surface area contributed by atoms with Gasteiger partial charge in [0, 0.05) is 18.0 Å². The SMILES string of the molecule is CS(=O)(=O)Cc1ccc(-c2ccc(OC(F)(F)F)cc2)nc1. The molecule has 0 bridgehead atoms. The van der Waals surface area contributed by atoms with Crippen LogP contribution in [0.15, 0.2) is 42.6 Å². The molecule has 22 heavy (non-hydrogen) atoms. The van der Waals surface area contributed by atoms with Crippen LogP contribution in [0.1, 0.15) is 5.56 Å². The van der Waals surface area contributed by atoms with Gasteiger partial charge < -0.3 is 4.74 Å². The van der Waals surface area contributed by atoms with Crippen LogP contribution in [0.2, 0.25) is 0 Å². The summed E-state index contributed by atoms with van der Waals surface area (Å²) in [5.74, 6) is -0.427. The summed E-state index contributed by atoms with van der Waals surface area (Å²) < 4.78 is 62.3. The molecule has 118 valence electrons. The fourth-order valence-electron chi connectivity index (χ4n) is 1.81. The molecule has 1 aromatic heterocycles. The lowest BCUT2D eigenvalue weighted by molar-refractivity contribution is -0.274. The van der Waals surface area contributed by atoms with Crippen LogP contribution in [0.3, 0.4) is 0 Å². The second-order valence-corrected chi connectivity index (χ2v) is 6.83. The second kappa shape index (κ2) is 5.96. The Morgan fingerprint density at radius 2 is 1.73 bits per heavy atom. The van der Waals surface area contributed by atoms with E-state index in [4.69, 9.17) is 0 Å². The number of rotatable bonds is 4. The highest BCUT2D eigenvalue weighted by molar-refractivity contribution is 7.89. The van der Waals surface area contributed by atoms with Gasteiger partial charge in [0.15, 0.2) is 9.84 Å². The van der Waals surface area contributed by atoms with Crippen molar-refractivity contribution in [2.75, 3.05) is 6.26 Å². The van der Waals surface area contributed by atoms with E-state index in [0.717, 1.165) is 6.26 Å². The summed E-state index contributed by atoms with van der Waals surface area (Å²) in [5.41, 5.74) is 1.67. The zero-order valence-electron chi connectivity index (χ0n) is 11.5. The minimum Gasteiger partial charge on any atom is -0.406 e. The highest BCUT2D eigenvalue weighted by Gasteiger charge is 2.30. The van der Waals surface area contributed by atoms with E-state index in [0.29, 0.717) is 16.8 Å². The van der Waals surface area contributed by atoms with Crippen molar-refractivity contribution >= 4 is 9.84 Å². The summed E-state index contributed by atoms with van der Waals surface area (Å²) in [6.07, 6.45) is -2.18. The number of hydrogen-bond donors (Lipinski definition) is 0. The van der Waals surface area contributed by atoms with E-state index in [9.17, 15) is 21.6 Å². The van der Waals surface area contributed by atoms with Crippen LogP contribution in [0.4, 0.5) is 13.2 Å². The first kappa shape index (κ1) is 16.3. The highest BCUT2D eigenvalue weighted by Crippen LogP contribution is 2.25. The fraction of sp³-hybridized carbons (Fsp3) is 0.214. The molecule has 0 saturated heterocycles. The molecule has 0 aliphatic heterocycles. The molecule has 2 rings (SSSR count). The van der Waals surface area contributed by atoms with Crippen molar-refractivity contribution in [2.45, 2.75) is 12.1 Å². The Morgan fingerprint density at radius 3 is 2.18 bits per heavy atom. The predicted octanol–water partition coefficient (Wildman–Crippen LogP) is 3.19. The average Bonchev–Trinajstić information content (AvgIpc) is 2.37. The molecular formula is C14H12F3NO3S. The molecule has 0 aliphatic carbocycles. The standard InChI is InChI=1S/C14H12F3NO3S/c1-22(19,20)9-10-2-7-13(18-8-10)11-3-5-12(6-4-11)21-14(15,16)17/h2-8H,9H2,1H3. The average molecular weight is 331 g/mol. The van der Waals surface area contributed by atoms with Crippen molar-refractivity contribution in [1.82, 2.24) is 4.98 Å². The van der Waals surface area contributed by atoms with Gasteiger partial charge in [-0.3, -0.25) is 4.98 Å². The Hall–Kier alpha value is -2.09. The van der Waals surface area contributed by atoms with E-state index in [-0.39, 0.29) is 11.5 Å². The molecule has 0 N–H and O–H groups in total. The number of halogens is 3. The van der Waals surface area contributed by atoms with Gasteiger partial charge in [-0.2, -0.15) is 0 Å². The van der Waals surface area contributed by atoms with E-state index in [2.05, 4.69) is 9.72 Å². The Kier molecular flexibility index (Phi) is 4.41. The summed E-state index contributed by atoms with van der Waals surface area (Å²) in [6, 6.07) is 8.49. The van der Waals surface area contributed by atoms with Crippen LogP contribution in [-0.4, -0.2) is 26.0 Å². The lowest BCUT2D eigenvalue weighted by atomic mass is 10.1. The third kappa shape index (κ3) is 5.03. The lowest BCUT2D eigenvalue weighted by Gasteiger charge is -2.09. The quantitative estimate of drug-likeness (QED) is 0.863. The van der Waals surface area contributed by atoms with Crippen LogP contribution in [0.5, 0.6) is 5.75 Å². The topological polar surface area (TPSA) is 56.3 Å². The van der Waals surface area contributed by atoms with Gasteiger partial charge in [-0.25, -0.2) is 8.42 Å². The van der Waals surface area contributed by atoms with Gasteiger partial charge in [-0.15, -0.1) is 13.2 Å². The summed E-state index contributed by atoms with van der Waals surface area (Å²) in [5, 5.41) is 0. The molecule has 4 nitrogen and oxygen atoms in total. The zero-order valence-corrected chi connectivity index (χ0v) is 12.3. The number of sulfone groups is 1. The highest BCUT2D eigenvalue weighted by atomic mass is 32.2. The van der Waals surface area contributed by atoms with E-state index >= 15 is 0 Å². The lowest BCUT2D eigenvalue weighted by Crippen LogP contribution is -2.16. The van der Waals surface area contributed by atoms with Gasteiger partial charge in [0.2, 0.25) is 0 Å². The first-order chi connectivity index (χ1) is 10.1. The van der Waals surface area contributed by atoms with E-state index < -0.39 is 16.2 Å². The van der Waals surface area contributed by atoms with Gasteiger partial charge in [-0.1, -0.05) is 6.07 Å². The Morgan fingerprint density at radius 1 is 1.09 bits per heavy atom. The van der Waals surface area contributed by atoms with Crippen LogP contribution in [-0.2, 0) is 15.6 Å². The van der Waals surface area contributed by atoms with Crippen LogP contribution in [0, 0.1) is 0 Å². The third-order valence-electron chi connectivity index (χ3n) is 2.64. The Labute approximate surface area is 125 Å². The van der Waals surface area contributed by atoms with Gasteiger partial charge in [0.1, 0.15) is 5.75 Å². The molecule has 0 fully saturated rings. The third-order valence-corrected chi connectivity index (χ3v) is 3.49. The molecule has 1 aromatic carbocycles. The number of alkyl halides is 3. The maximum atomic E-state index is 12.1. The number of ether oxygens (including phenoxy) is 1. The molecule has 2 aromatic rings. The van der Waals surface area contributed by atoms with Crippen molar-refractivity contribution in [3.8, 4) is 17.0 Å². The Bertz CT molecular complexity index is 738. The number of nitrogens with zero attached hydrogens (tertiary/aromatic N) is 1. The summed E-state index contributed by atoms with van der Waals surface area (Å²) >= 11 is 0. The van der Waals surface area contributed by atoms with E-state index in [1.54, 1.807) is 12.1 Å². The van der Waals surface area contributed by atoms with Gasteiger partial charge >= 0.3 is 6.36 Å². The number of benzene rings is 1. The predicted molar refractivity (Wildman–Crippen MR) is 74.9 cm³/mol. The molecule has 0 radical (unpaired) electrons. The summed E-state index contributed by atoms with van der Waals surface area (Å²) in [7, 11) is -3.14. The molecule has 8 heteroatoms. The summed E-state index contributed by atoms with van der Waals surface area (Å²) in [4.78, 5) is 4.11. The van der Waals surface area contributed by atoms with E-state index in [1.807, 2.05) is 0 Å². The minimum atomic E-state index is -4.73. The van der Waals surface area contributed by atoms with Crippen LogP contribution >= 0.6 is 0 Å². The van der Waals surface area contributed by atoms with Gasteiger partial charge in [0.25, 0.3) is 0 Å². The number of pyridine rings is 1. The minimum absolute atomic E-state index is 0.112. The fourth-order valence-corrected chi connectivity index (χ4v) is 2.59. The first-order valence-corrected chi connectivity index (χ1v) is 8.17. The number of hydrogen-bond acceptors (Lipinski definition) is 4. The molecular weight excluding hydrogens is 319 g/mol. The van der Waals surface area contributed by atoms with Gasteiger partial charge in [0.05, 0.1) is 11.4 Å². The first-order valence-electron chi connectivity index (χ1n) is 6.11. The molecule has 0 atom stereocenters.